The molecule has 1 aromatic heterocycles. The van der Waals surface area contributed by atoms with Crippen molar-refractivity contribution in [2.24, 2.45) is 24.1 Å². The van der Waals surface area contributed by atoms with Gasteiger partial charge in [0, 0.05) is 50.3 Å². The molecule has 2 N–H and O–H groups in total. The molecule has 2 heterocycles. The van der Waals surface area contributed by atoms with Crippen molar-refractivity contribution in [3.63, 3.8) is 0 Å². The minimum absolute atomic E-state index is 0.00287. The highest BCUT2D eigenvalue weighted by atomic mass is 16.5. The van der Waals surface area contributed by atoms with Gasteiger partial charge in [-0.15, -0.1) is 0 Å². The predicted molar refractivity (Wildman–Crippen MR) is 78.2 cm³/mol. The van der Waals surface area contributed by atoms with Crippen molar-refractivity contribution in [2.45, 2.75) is 38.5 Å². The first-order valence-corrected chi connectivity index (χ1v) is 7.42. The molecule has 1 amide bonds. The number of rotatable bonds is 3. The molecule has 3 atom stereocenters. The molecule has 3 unspecified atom stereocenters. The van der Waals surface area contributed by atoms with Crippen molar-refractivity contribution in [3.8, 4) is 0 Å². The number of carbonyl (C=O) groups is 1. The molecule has 0 aromatic carbocycles. The van der Waals surface area contributed by atoms with Crippen LogP contribution >= 0.6 is 0 Å². The number of hydrogen-bond acceptors (Lipinski definition) is 4. The first-order chi connectivity index (χ1) is 9.78. The molecular weight excluding hydrogens is 268 g/mol. The number of amides is 1. The van der Waals surface area contributed by atoms with Crippen LogP contribution in [0, 0.1) is 11.3 Å². The molecule has 1 saturated heterocycles. The molecule has 6 heteroatoms. The number of nitrogens with two attached hydrogens (primary N) is 1. The summed E-state index contributed by atoms with van der Waals surface area (Å²) in [4.78, 5) is 14.7. The van der Waals surface area contributed by atoms with Crippen molar-refractivity contribution in [2.75, 3.05) is 13.7 Å². The number of aryl methyl sites for hydroxylation is 1. The third kappa shape index (κ3) is 1.85. The van der Waals surface area contributed by atoms with Crippen LogP contribution < -0.4 is 5.73 Å². The summed E-state index contributed by atoms with van der Waals surface area (Å²) in [5.74, 6) is 0.138. The summed E-state index contributed by atoms with van der Waals surface area (Å²) in [6.07, 6.45) is 4.68. The third-order valence-electron chi connectivity index (χ3n) is 5.33. The summed E-state index contributed by atoms with van der Waals surface area (Å²) in [6.45, 7) is 5.31. The van der Waals surface area contributed by atoms with Gasteiger partial charge in [0.1, 0.15) is 5.54 Å². The highest BCUT2D eigenvalue weighted by molar-refractivity contribution is 5.89. The molecule has 0 spiro atoms. The largest absolute Gasteiger partial charge is 0.377 e. The van der Waals surface area contributed by atoms with Crippen LogP contribution in [0.4, 0.5) is 0 Å². The van der Waals surface area contributed by atoms with E-state index in [1.54, 1.807) is 15.8 Å². The fourth-order valence-corrected chi connectivity index (χ4v) is 4.03. The fourth-order valence-electron chi connectivity index (χ4n) is 4.03. The molecule has 0 bridgehead atoms. The maximum Gasteiger partial charge on any atom is 0.243 e. The Balaban J connectivity index is 1.77. The van der Waals surface area contributed by atoms with Gasteiger partial charge in [-0.25, -0.2) is 0 Å². The van der Waals surface area contributed by atoms with E-state index in [1.165, 1.54) is 0 Å². The van der Waals surface area contributed by atoms with Crippen LogP contribution in [0.5, 0.6) is 0 Å². The lowest BCUT2D eigenvalue weighted by Gasteiger charge is -2.61. The SMILES string of the molecule is CN(Cc1cnn(C)c1)C(=O)C1(N)C2CCOC2C1(C)C. The van der Waals surface area contributed by atoms with Crippen molar-refractivity contribution >= 4 is 5.91 Å². The maximum absolute atomic E-state index is 12.9. The average Bonchev–Trinajstić information content (AvgIpc) is 3.05. The Kier molecular flexibility index (Phi) is 3.15. The lowest BCUT2D eigenvalue weighted by molar-refractivity contribution is -0.183. The Morgan fingerprint density at radius 3 is 2.95 bits per heavy atom. The molecule has 0 radical (unpaired) electrons. The number of likely N-dealkylation sites (N-methyl/N-ethyl adjacent to an activating group) is 1. The van der Waals surface area contributed by atoms with E-state index in [2.05, 4.69) is 5.10 Å². The van der Waals surface area contributed by atoms with Crippen LogP contribution in [0.25, 0.3) is 0 Å². The van der Waals surface area contributed by atoms with Crippen molar-refractivity contribution in [3.05, 3.63) is 18.0 Å². The van der Waals surface area contributed by atoms with Crippen molar-refractivity contribution in [1.82, 2.24) is 14.7 Å². The zero-order valence-corrected chi connectivity index (χ0v) is 13.2. The van der Waals surface area contributed by atoms with Gasteiger partial charge in [-0.2, -0.15) is 5.10 Å². The average molecular weight is 292 g/mol. The Bertz CT molecular complexity index is 568. The summed E-state index contributed by atoms with van der Waals surface area (Å²) in [6, 6.07) is 0. The molecule has 1 aromatic rings. The summed E-state index contributed by atoms with van der Waals surface area (Å²) < 4.78 is 7.49. The zero-order valence-electron chi connectivity index (χ0n) is 13.2. The van der Waals surface area contributed by atoms with E-state index < -0.39 is 5.54 Å². The van der Waals surface area contributed by atoms with Crippen LogP contribution in [-0.4, -0.2) is 45.9 Å². The van der Waals surface area contributed by atoms with E-state index in [0.717, 1.165) is 12.0 Å². The number of nitrogens with zero attached hydrogens (tertiary/aromatic N) is 3. The second-order valence-corrected chi connectivity index (χ2v) is 6.96. The number of fused-ring (bicyclic) bond motifs is 1. The summed E-state index contributed by atoms with van der Waals surface area (Å²) in [5.41, 5.74) is 6.43. The molecule has 1 saturated carbocycles. The quantitative estimate of drug-likeness (QED) is 0.881. The van der Waals surface area contributed by atoms with Gasteiger partial charge in [0.25, 0.3) is 0 Å². The Morgan fingerprint density at radius 2 is 2.33 bits per heavy atom. The molecule has 1 aliphatic carbocycles. The van der Waals surface area contributed by atoms with E-state index >= 15 is 0 Å². The minimum Gasteiger partial charge on any atom is -0.377 e. The van der Waals surface area contributed by atoms with E-state index in [0.29, 0.717) is 13.2 Å². The monoisotopic (exact) mass is 292 g/mol. The van der Waals surface area contributed by atoms with Gasteiger partial charge in [0.05, 0.1) is 12.3 Å². The molecule has 21 heavy (non-hydrogen) atoms. The lowest BCUT2D eigenvalue weighted by atomic mass is 9.47. The fraction of sp³-hybridized carbons (Fsp3) is 0.733. The summed E-state index contributed by atoms with van der Waals surface area (Å²) in [7, 11) is 3.68. The van der Waals surface area contributed by atoms with E-state index in [9.17, 15) is 4.79 Å². The zero-order chi connectivity index (χ0) is 15.4. The maximum atomic E-state index is 12.9. The van der Waals surface area contributed by atoms with Gasteiger partial charge in [-0.1, -0.05) is 13.8 Å². The predicted octanol–water partition coefficient (Wildman–Crippen LogP) is 0.521. The number of ether oxygens (including phenoxy) is 1. The van der Waals surface area contributed by atoms with E-state index in [1.807, 2.05) is 34.1 Å². The van der Waals surface area contributed by atoms with Gasteiger partial charge in [0.2, 0.25) is 5.91 Å². The van der Waals surface area contributed by atoms with Gasteiger partial charge >= 0.3 is 0 Å². The molecule has 6 nitrogen and oxygen atoms in total. The van der Waals surface area contributed by atoms with Crippen LogP contribution in [0.15, 0.2) is 12.4 Å². The van der Waals surface area contributed by atoms with Crippen LogP contribution in [0.1, 0.15) is 25.8 Å². The first-order valence-electron chi connectivity index (χ1n) is 7.42. The number of hydrogen-bond donors (Lipinski definition) is 1. The second kappa shape index (κ2) is 4.55. The standard InChI is InChI=1S/C15H24N4O2/c1-14(2)12-11(5-6-21-12)15(14,16)13(20)18(3)8-10-7-17-19(4)9-10/h7,9,11-12H,5-6,8,16H2,1-4H3. The molecule has 3 rings (SSSR count). The minimum atomic E-state index is -0.828. The van der Waals surface area contributed by atoms with Gasteiger partial charge < -0.3 is 15.4 Å². The van der Waals surface area contributed by atoms with Gasteiger partial charge in [-0.3, -0.25) is 9.48 Å². The second-order valence-electron chi connectivity index (χ2n) is 6.96. The first kappa shape index (κ1) is 14.5. The molecule has 116 valence electrons. The smallest absolute Gasteiger partial charge is 0.243 e. The van der Waals surface area contributed by atoms with E-state index in [4.69, 9.17) is 10.5 Å². The molecule has 1 aliphatic heterocycles. The van der Waals surface area contributed by atoms with E-state index in [-0.39, 0.29) is 23.3 Å². The Labute approximate surface area is 125 Å². The third-order valence-corrected chi connectivity index (χ3v) is 5.33. The van der Waals surface area contributed by atoms with Crippen LogP contribution in [-0.2, 0) is 23.1 Å². The van der Waals surface area contributed by atoms with Gasteiger partial charge in [0.15, 0.2) is 0 Å². The highest BCUT2D eigenvalue weighted by Crippen LogP contribution is 2.58. The summed E-state index contributed by atoms with van der Waals surface area (Å²) in [5, 5.41) is 4.13. The Hall–Kier alpha value is -1.40. The molecule has 2 fully saturated rings. The number of carbonyl (C=O) groups excluding carboxylic acids is 1. The van der Waals surface area contributed by atoms with Crippen LogP contribution in [0.3, 0.4) is 0 Å². The van der Waals surface area contributed by atoms with Crippen LogP contribution in [0.2, 0.25) is 0 Å². The Morgan fingerprint density at radius 1 is 1.62 bits per heavy atom. The normalized spacial score (nSPS) is 33.4. The summed E-state index contributed by atoms with van der Waals surface area (Å²) >= 11 is 0. The lowest BCUT2D eigenvalue weighted by Crippen LogP contribution is -2.80. The molecule has 2 aliphatic rings. The van der Waals surface area contributed by atoms with Crippen molar-refractivity contribution in [1.29, 1.82) is 0 Å². The number of aromatic nitrogens is 2. The van der Waals surface area contributed by atoms with Gasteiger partial charge in [-0.05, 0) is 6.42 Å². The van der Waals surface area contributed by atoms with Crippen molar-refractivity contribution < 1.29 is 9.53 Å². The topological polar surface area (TPSA) is 73.4 Å². The molecular formula is C15H24N4O2. The highest BCUT2D eigenvalue weighted by Gasteiger charge is 2.71.